The van der Waals surface area contributed by atoms with Crippen molar-refractivity contribution in [3.63, 3.8) is 0 Å². The highest BCUT2D eigenvalue weighted by atomic mass is 19.4. The van der Waals surface area contributed by atoms with Gasteiger partial charge in [0.2, 0.25) is 5.91 Å². The SMILES string of the molecule is Cc1ccc(CN(C)C(=O)Cn2ccc(C(F)(F)F)n2)o1. The molecule has 2 heterocycles. The number of hydrogen-bond donors (Lipinski definition) is 0. The number of amides is 1. The number of halogens is 3. The summed E-state index contributed by atoms with van der Waals surface area (Å²) in [6.07, 6.45) is -3.38. The van der Waals surface area contributed by atoms with Crippen LogP contribution < -0.4 is 0 Å². The highest BCUT2D eigenvalue weighted by Gasteiger charge is 2.33. The van der Waals surface area contributed by atoms with E-state index in [2.05, 4.69) is 5.10 Å². The second-order valence-electron chi connectivity index (χ2n) is 4.66. The van der Waals surface area contributed by atoms with Crippen LogP contribution in [0.25, 0.3) is 0 Å². The molecule has 2 rings (SSSR count). The van der Waals surface area contributed by atoms with Gasteiger partial charge in [-0.15, -0.1) is 0 Å². The summed E-state index contributed by atoms with van der Waals surface area (Å²) in [5, 5.41) is 3.34. The van der Waals surface area contributed by atoms with E-state index in [0.717, 1.165) is 22.7 Å². The predicted molar refractivity (Wildman–Crippen MR) is 67.1 cm³/mol. The number of carbonyl (C=O) groups is 1. The second-order valence-corrected chi connectivity index (χ2v) is 4.66. The summed E-state index contributed by atoms with van der Waals surface area (Å²) in [5.41, 5.74) is -1.01. The van der Waals surface area contributed by atoms with Crippen LogP contribution in [0.1, 0.15) is 17.2 Å². The molecular weight excluding hydrogens is 287 g/mol. The van der Waals surface area contributed by atoms with Crippen LogP contribution in [0.5, 0.6) is 0 Å². The lowest BCUT2D eigenvalue weighted by Crippen LogP contribution is -2.30. The number of alkyl halides is 3. The summed E-state index contributed by atoms with van der Waals surface area (Å²) in [7, 11) is 1.55. The van der Waals surface area contributed by atoms with Gasteiger partial charge in [0, 0.05) is 13.2 Å². The number of aryl methyl sites for hydroxylation is 1. The van der Waals surface area contributed by atoms with Gasteiger partial charge in [-0.1, -0.05) is 0 Å². The van der Waals surface area contributed by atoms with Gasteiger partial charge in [0.1, 0.15) is 18.1 Å². The van der Waals surface area contributed by atoms with Crippen molar-refractivity contribution < 1.29 is 22.4 Å². The van der Waals surface area contributed by atoms with Gasteiger partial charge in [0.25, 0.3) is 0 Å². The van der Waals surface area contributed by atoms with Crippen LogP contribution in [-0.2, 0) is 24.1 Å². The molecule has 0 saturated carbocycles. The number of furan rings is 1. The number of carbonyl (C=O) groups excluding carboxylic acids is 1. The number of rotatable bonds is 4. The topological polar surface area (TPSA) is 51.3 Å². The van der Waals surface area contributed by atoms with Crippen LogP contribution in [0.2, 0.25) is 0 Å². The molecular formula is C13H14F3N3O2. The van der Waals surface area contributed by atoms with E-state index < -0.39 is 11.9 Å². The van der Waals surface area contributed by atoms with E-state index in [1.165, 1.54) is 4.90 Å². The van der Waals surface area contributed by atoms with Crippen molar-refractivity contribution in [3.8, 4) is 0 Å². The van der Waals surface area contributed by atoms with Gasteiger partial charge in [0.05, 0.1) is 6.54 Å². The summed E-state index contributed by atoms with van der Waals surface area (Å²) < 4.78 is 43.5. The molecule has 0 unspecified atom stereocenters. The van der Waals surface area contributed by atoms with E-state index in [1.807, 2.05) is 0 Å². The molecule has 0 fully saturated rings. The molecule has 0 aromatic carbocycles. The molecule has 2 aromatic heterocycles. The lowest BCUT2D eigenvalue weighted by Gasteiger charge is -2.15. The molecule has 0 radical (unpaired) electrons. The normalized spacial score (nSPS) is 11.7. The van der Waals surface area contributed by atoms with Crippen molar-refractivity contribution in [2.24, 2.45) is 0 Å². The van der Waals surface area contributed by atoms with E-state index in [0.29, 0.717) is 5.76 Å². The molecule has 0 saturated heterocycles. The zero-order chi connectivity index (χ0) is 15.6. The Morgan fingerprint density at radius 3 is 2.62 bits per heavy atom. The second kappa shape index (κ2) is 5.63. The summed E-state index contributed by atoms with van der Waals surface area (Å²) >= 11 is 0. The molecule has 8 heteroatoms. The Hall–Kier alpha value is -2.25. The van der Waals surface area contributed by atoms with E-state index >= 15 is 0 Å². The Kier molecular flexibility index (Phi) is 4.06. The highest BCUT2D eigenvalue weighted by Crippen LogP contribution is 2.27. The van der Waals surface area contributed by atoms with Crippen LogP contribution in [0, 0.1) is 6.92 Å². The third-order valence-corrected chi connectivity index (χ3v) is 2.84. The zero-order valence-corrected chi connectivity index (χ0v) is 11.5. The molecule has 1 amide bonds. The first kappa shape index (κ1) is 15.1. The lowest BCUT2D eigenvalue weighted by molar-refractivity contribution is -0.142. The molecule has 0 aliphatic carbocycles. The van der Waals surface area contributed by atoms with E-state index in [1.54, 1.807) is 26.1 Å². The highest BCUT2D eigenvalue weighted by molar-refractivity contribution is 5.75. The molecule has 0 N–H and O–H groups in total. The standard InChI is InChI=1S/C13H14F3N3O2/c1-9-3-4-10(21-9)7-18(2)12(20)8-19-6-5-11(17-19)13(14,15)16/h3-6H,7-8H2,1-2H3. The first-order valence-electron chi connectivity index (χ1n) is 6.15. The van der Waals surface area contributed by atoms with Crippen molar-refractivity contribution in [3.05, 3.63) is 41.6 Å². The summed E-state index contributed by atoms with van der Waals surface area (Å²) in [6.45, 7) is 1.78. The van der Waals surface area contributed by atoms with Crippen LogP contribution in [-0.4, -0.2) is 27.6 Å². The van der Waals surface area contributed by atoms with Crippen molar-refractivity contribution in [2.75, 3.05) is 7.05 Å². The fourth-order valence-corrected chi connectivity index (χ4v) is 1.75. The van der Waals surface area contributed by atoms with Gasteiger partial charge < -0.3 is 9.32 Å². The molecule has 0 spiro atoms. The summed E-state index contributed by atoms with van der Waals surface area (Å²) in [4.78, 5) is 13.3. The molecule has 0 aliphatic rings. The molecule has 2 aromatic rings. The average molecular weight is 301 g/mol. The number of likely N-dealkylation sites (N-methyl/N-ethyl adjacent to an activating group) is 1. The van der Waals surface area contributed by atoms with Crippen LogP contribution in [0.3, 0.4) is 0 Å². The van der Waals surface area contributed by atoms with Crippen molar-refractivity contribution in [2.45, 2.75) is 26.2 Å². The maximum absolute atomic E-state index is 12.4. The molecule has 0 bridgehead atoms. The Bertz CT molecular complexity index is 631. The Labute approximate surface area is 118 Å². The molecule has 21 heavy (non-hydrogen) atoms. The first-order chi connectivity index (χ1) is 9.75. The molecule has 0 aliphatic heterocycles. The van der Waals surface area contributed by atoms with Gasteiger partial charge in [-0.3, -0.25) is 9.48 Å². The Morgan fingerprint density at radius 2 is 2.10 bits per heavy atom. The van der Waals surface area contributed by atoms with E-state index in [-0.39, 0.29) is 19.0 Å². The lowest BCUT2D eigenvalue weighted by atomic mass is 10.4. The minimum Gasteiger partial charge on any atom is -0.464 e. The minimum atomic E-state index is -4.51. The number of hydrogen-bond acceptors (Lipinski definition) is 3. The van der Waals surface area contributed by atoms with Crippen LogP contribution >= 0.6 is 0 Å². The van der Waals surface area contributed by atoms with Crippen molar-refractivity contribution in [1.82, 2.24) is 14.7 Å². The van der Waals surface area contributed by atoms with Crippen molar-refractivity contribution >= 4 is 5.91 Å². The van der Waals surface area contributed by atoms with E-state index in [4.69, 9.17) is 4.42 Å². The fourth-order valence-electron chi connectivity index (χ4n) is 1.75. The Balaban J connectivity index is 1.96. The van der Waals surface area contributed by atoms with Crippen LogP contribution in [0.4, 0.5) is 13.2 Å². The van der Waals surface area contributed by atoms with Gasteiger partial charge in [0.15, 0.2) is 5.69 Å². The monoisotopic (exact) mass is 301 g/mol. The largest absolute Gasteiger partial charge is 0.464 e. The fraction of sp³-hybridized carbons (Fsp3) is 0.385. The molecule has 5 nitrogen and oxygen atoms in total. The minimum absolute atomic E-state index is 0.250. The van der Waals surface area contributed by atoms with Gasteiger partial charge in [-0.2, -0.15) is 18.3 Å². The summed E-state index contributed by atoms with van der Waals surface area (Å²) in [5.74, 6) is 0.980. The van der Waals surface area contributed by atoms with Gasteiger partial charge >= 0.3 is 6.18 Å². The molecule has 0 atom stereocenters. The summed E-state index contributed by atoms with van der Waals surface area (Å²) in [6, 6.07) is 4.36. The third-order valence-electron chi connectivity index (χ3n) is 2.84. The van der Waals surface area contributed by atoms with E-state index in [9.17, 15) is 18.0 Å². The maximum atomic E-state index is 12.4. The number of aromatic nitrogens is 2. The first-order valence-corrected chi connectivity index (χ1v) is 6.15. The third kappa shape index (κ3) is 3.87. The van der Waals surface area contributed by atoms with Gasteiger partial charge in [-0.25, -0.2) is 0 Å². The quantitative estimate of drug-likeness (QED) is 0.871. The average Bonchev–Trinajstić information content (AvgIpc) is 2.98. The van der Waals surface area contributed by atoms with Crippen molar-refractivity contribution in [1.29, 1.82) is 0 Å². The number of nitrogens with zero attached hydrogens (tertiary/aromatic N) is 3. The Morgan fingerprint density at radius 1 is 1.38 bits per heavy atom. The molecule has 114 valence electrons. The predicted octanol–water partition coefficient (Wildman–Crippen LogP) is 2.46. The van der Waals surface area contributed by atoms with Gasteiger partial charge in [-0.05, 0) is 25.1 Å². The van der Waals surface area contributed by atoms with Crippen LogP contribution in [0.15, 0.2) is 28.8 Å². The maximum Gasteiger partial charge on any atom is 0.435 e. The smallest absolute Gasteiger partial charge is 0.435 e. The zero-order valence-electron chi connectivity index (χ0n) is 11.5.